The number of anilines is 3. The minimum Gasteiger partial charge on any atom is -0.491 e. The molecule has 1 fully saturated rings. The van der Waals surface area contributed by atoms with Crippen molar-refractivity contribution in [3.8, 4) is 17.2 Å². The van der Waals surface area contributed by atoms with Crippen LogP contribution in [0.2, 0.25) is 5.02 Å². The standard InChI is InChI=1S/C23H24ClN5O3.C3H4O/c1-28-13-11-16(15-28)26-20-10-12-25-14-21(20)29(27-30)17-6-8-18(9-7-17)32-22-5-3-4-19(24)23(22)31-2;1-2-3-4/h3-10,12,14,16H,11,13,15H2,1-2H3,(H,25,26);2-3H,1H2. The van der Waals surface area contributed by atoms with E-state index in [2.05, 4.69) is 34.1 Å². The quantitative estimate of drug-likeness (QED) is 0.166. The smallest absolute Gasteiger partial charge is 0.180 e. The lowest BCUT2D eigenvalue weighted by atomic mass is 10.2. The number of pyridine rings is 1. The Morgan fingerprint density at radius 2 is 2.00 bits per heavy atom. The van der Waals surface area contributed by atoms with Crippen LogP contribution >= 0.6 is 11.6 Å². The van der Waals surface area contributed by atoms with Gasteiger partial charge in [0.05, 0.1) is 35.0 Å². The Morgan fingerprint density at radius 1 is 1.25 bits per heavy atom. The highest BCUT2D eigenvalue weighted by atomic mass is 35.5. The summed E-state index contributed by atoms with van der Waals surface area (Å²) in [7, 11) is 3.63. The molecule has 2 aromatic carbocycles. The minimum atomic E-state index is 0.304. The van der Waals surface area contributed by atoms with E-state index in [4.69, 9.17) is 25.9 Å². The van der Waals surface area contributed by atoms with E-state index >= 15 is 0 Å². The second-order valence-electron chi connectivity index (χ2n) is 7.92. The highest BCUT2D eigenvalue weighted by molar-refractivity contribution is 6.32. The van der Waals surface area contributed by atoms with Crippen molar-refractivity contribution in [2.45, 2.75) is 12.5 Å². The van der Waals surface area contributed by atoms with Crippen molar-refractivity contribution in [3.05, 3.63) is 83.5 Å². The number of likely N-dealkylation sites (tertiary alicyclic amines) is 1. The van der Waals surface area contributed by atoms with Gasteiger partial charge in [0.2, 0.25) is 0 Å². The average Bonchev–Trinajstić information content (AvgIpc) is 3.31. The predicted molar refractivity (Wildman–Crippen MR) is 142 cm³/mol. The van der Waals surface area contributed by atoms with E-state index in [1.807, 2.05) is 6.07 Å². The van der Waals surface area contributed by atoms with Gasteiger partial charge in [-0.15, -0.1) is 4.91 Å². The fraction of sp³-hybridized carbons (Fsp3) is 0.231. The van der Waals surface area contributed by atoms with Gasteiger partial charge in [0, 0.05) is 18.8 Å². The van der Waals surface area contributed by atoms with Crippen molar-refractivity contribution < 1.29 is 14.3 Å². The van der Waals surface area contributed by atoms with Crippen molar-refractivity contribution >= 4 is 34.9 Å². The van der Waals surface area contributed by atoms with Crippen molar-refractivity contribution in [1.82, 2.24) is 9.88 Å². The fourth-order valence-corrected chi connectivity index (χ4v) is 3.97. The lowest BCUT2D eigenvalue weighted by Gasteiger charge is -2.22. The molecule has 0 saturated carbocycles. The second kappa shape index (κ2) is 13.2. The normalized spacial score (nSPS) is 14.7. The van der Waals surface area contributed by atoms with Crippen molar-refractivity contribution in [2.75, 3.05) is 37.6 Å². The summed E-state index contributed by atoms with van der Waals surface area (Å²) in [6.07, 6.45) is 6.19. The van der Waals surface area contributed by atoms with Crippen LogP contribution in [0.15, 0.2) is 78.9 Å². The first-order chi connectivity index (χ1) is 17.5. The molecule has 1 atom stereocenters. The Labute approximate surface area is 215 Å². The molecular weight excluding hydrogens is 482 g/mol. The van der Waals surface area contributed by atoms with Gasteiger partial charge >= 0.3 is 0 Å². The molecule has 4 rings (SSSR count). The number of halogens is 1. The van der Waals surface area contributed by atoms with Crippen LogP contribution in [-0.2, 0) is 4.79 Å². The Hall–Kier alpha value is -3.95. The molecule has 0 spiro atoms. The van der Waals surface area contributed by atoms with Crippen LogP contribution in [0.1, 0.15) is 6.42 Å². The van der Waals surface area contributed by atoms with Gasteiger partial charge in [-0.1, -0.05) is 24.2 Å². The first-order valence-electron chi connectivity index (χ1n) is 11.2. The van der Waals surface area contributed by atoms with Crippen molar-refractivity contribution in [1.29, 1.82) is 0 Å². The monoisotopic (exact) mass is 509 g/mol. The molecule has 1 N–H and O–H groups in total. The zero-order valence-corrected chi connectivity index (χ0v) is 20.9. The zero-order chi connectivity index (χ0) is 25.9. The molecule has 1 aliphatic rings. The van der Waals surface area contributed by atoms with Crippen LogP contribution in [0.3, 0.4) is 0 Å². The van der Waals surface area contributed by atoms with Gasteiger partial charge in [0.1, 0.15) is 17.7 Å². The molecule has 0 bridgehead atoms. The third-order valence-corrected chi connectivity index (χ3v) is 5.70. The Bertz CT molecular complexity index is 1170. The number of carbonyl (C=O) groups excluding carboxylic acids is 1. The lowest BCUT2D eigenvalue weighted by Crippen LogP contribution is -2.24. The summed E-state index contributed by atoms with van der Waals surface area (Å²) in [6.45, 7) is 5.09. The maximum absolute atomic E-state index is 11.8. The SMILES string of the molecule is C=CC=O.COc1c(Cl)cccc1Oc1ccc(N(N=O)c2cnccc2NC2CCN(C)C2)cc1. The molecule has 36 heavy (non-hydrogen) atoms. The van der Waals surface area contributed by atoms with Crippen LogP contribution in [0.5, 0.6) is 17.2 Å². The first-order valence-corrected chi connectivity index (χ1v) is 11.6. The number of nitrogens with one attached hydrogen (secondary N) is 1. The van der Waals surface area contributed by atoms with E-state index < -0.39 is 0 Å². The van der Waals surface area contributed by atoms with Crippen LogP contribution in [0.25, 0.3) is 0 Å². The van der Waals surface area contributed by atoms with Gasteiger partial charge in [-0.2, -0.15) is 5.01 Å². The number of ether oxygens (including phenoxy) is 2. The fourth-order valence-electron chi connectivity index (χ4n) is 3.73. The molecule has 0 amide bonds. The summed E-state index contributed by atoms with van der Waals surface area (Å²) in [4.78, 5) is 27.3. The van der Waals surface area contributed by atoms with Gasteiger partial charge in [0.25, 0.3) is 0 Å². The highest BCUT2D eigenvalue weighted by Crippen LogP contribution is 2.38. The number of aldehydes is 1. The van der Waals surface area contributed by atoms with Crippen LogP contribution in [0, 0.1) is 4.91 Å². The van der Waals surface area contributed by atoms with E-state index in [9.17, 15) is 4.91 Å². The zero-order valence-electron chi connectivity index (χ0n) is 20.1. The third-order valence-electron chi connectivity index (χ3n) is 5.40. The summed E-state index contributed by atoms with van der Waals surface area (Å²) in [6, 6.07) is 14.5. The molecule has 1 unspecified atom stereocenters. The number of allylic oxidation sites excluding steroid dienone is 1. The molecule has 0 radical (unpaired) electrons. The molecule has 3 aromatic rings. The third kappa shape index (κ3) is 6.80. The Morgan fingerprint density at radius 3 is 2.61 bits per heavy atom. The lowest BCUT2D eigenvalue weighted by molar-refractivity contribution is -0.104. The molecular formula is C26H28ClN5O4. The van der Waals surface area contributed by atoms with Crippen LogP contribution in [-0.4, -0.2) is 49.5 Å². The summed E-state index contributed by atoms with van der Waals surface area (Å²) < 4.78 is 11.2. The van der Waals surface area contributed by atoms with E-state index in [1.165, 1.54) is 18.2 Å². The number of rotatable bonds is 9. The van der Waals surface area contributed by atoms with E-state index in [0.717, 1.165) is 25.2 Å². The Kier molecular flexibility index (Phi) is 9.79. The number of aromatic nitrogens is 1. The summed E-state index contributed by atoms with van der Waals surface area (Å²) in [5, 5.41) is 8.54. The molecule has 2 heterocycles. The Balaban J connectivity index is 0.000000840. The maximum atomic E-state index is 11.8. The highest BCUT2D eigenvalue weighted by Gasteiger charge is 2.22. The molecule has 1 saturated heterocycles. The molecule has 1 aliphatic heterocycles. The number of methoxy groups -OCH3 is 1. The predicted octanol–water partition coefficient (Wildman–Crippen LogP) is 5.84. The number of hydrogen-bond acceptors (Lipinski definition) is 8. The van der Waals surface area contributed by atoms with Crippen molar-refractivity contribution in [3.63, 3.8) is 0 Å². The first kappa shape index (κ1) is 26.7. The van der Waals surface area contributed by atoms with Crippen molar-refractivity contribution in [2.24, 2.45) is 5.29 Å². The summed E-state index contributed by atoms with van der Waals surface area (Å²) in [5.74, 6) is 1.52. The summed E-state index contributed by atoms with van der Waals surface area (Å²) in [5.41, 5.74) is 1.98. The maximum Gasteiger partial charge on any atom is 0.180 e. The largest absolute Gasteiger partial charge is 0.491 e. The number of hydrogen-bond donors (Lipinski definition) is 1. The van der Waals surface area contributed by atoms with Gasteiger partial charge in [0.15, 0.2) is 11.5 Å². The number of nitrogens with zero attached hydrogens (tertiary/aromatic N) is 4. The number of carbonyl (C=O) groups is 1. The van der Waals surface area contributed by atoms with Gasteiger partial charge in [-0.3, -0.25) is 9.78 Å². The summed E-state index contributed by atoms with van der Waals surface area (Å²) >= 11 is 6.16. The van der Waals surface area contributed by atoms with Gasteiger partial charge in [-0.05, 0) is 68.6 Å². The van der Waals surface area contributed by atoms with E-state index in [1.54, 1.807) is 54.9 Å². The number of likely N-dealkylation sites (N-methyl/N-ethyl adjacent to an activating group) is 1. The molecule has 0 aliphatic carbocycles. The van der Waals surface area contributed by atoms with Crippen LogP contribution in [0.4, 0.5) is 17.1 Å². The van der Waals surface area contributed by atoms with Gasteiger partial charge in [-0.25, -0.2) is 0 Å². The van der Waals surface area contributed by atoms with E-state index in [0.29, 0.717) is 46.0 Å². The molecule has 9 nitrogen and oxygen atoms in total. The number of para-hydroxylation sites is 1. The molecule has 188 valence electrons. The van der Waals surface area contributed by atoms with Crippen LogP contribution < -0.4 is 19.8 Å². The number of nitroso groups, excluding NO2 is 1. The average molecular weight is 510 g/mol. The topological polar surface area (TPSA) is 96.4 Å². The number of benzene rings is 2. The second-order valence-corrected chi connectivity index (χ2v) is 8.32. The van der Waals surface area contributed by atoms with Gasteiger partial charge < -0.3 is 19.7 Å². The molecule has 1 aromatic heterocycles. The molecule has 10 heteroatoms. The minimum absolute atomic E-state index is 0.304. The van der Waals surface area contributed by atoms with E-state index in [-0.39, 0.29) is 0 Å².